The maximum atomic E-state index is 12.3. The van der Waals surface area contributed by atoms with Crippen molar-refractivity contribution < 1.29 is 19.4 Å². The standard InChI is InChI=1S/C15H19NO4/c1-15(14(18)19)7-8-16(10-15)13(17)9-11-5-3-4-6-12(11)20-2/h3-6H,7-10H2,1-2H3,(H,18,19)/t15-/m1/s1. The number of carboxylic acid groups (broad SMARTS) is 1. The first-order valence-corrected chi connectivity index (χ1v) is 6.59. The maximum absolute atomic E-state index is 12.3. The third-order valence-electron chi connectivity index (χ3n) is 3.88. The number of benzene rings is 1. The molecule has 0 saturated carbocycles. The van der Waals surface area contributed by atoms with E-state index in [9.17, 15) is 14.7 Å². The zero-order valence-electron chi connectivity index (χ0n) is 11.8. The topological polar surface area (TPSA) is 66.8 Å². The number of methoxy groups -OCH3 is 1. The van der Waals surface area contributed by atoms with Crippen LogP contribution in [0.1, 0.15) is 18.9 Å². The van der Waals surface area contributed by atoms with Crippen molar-refractivity contribution >= 4 is 11.9 Å². The zero-order valence-corrected chi connectivity index (χ0v) is 11.8. The van der Waals surface area contributed by atoms with Crippen molar-refractivity contribution in [2.45, 2.75) is 19.8 Å². The Balaban J connectivity index is 2.05. The largest absolute Gasteiger partial charge is 0.496 e. The second-order valence-corrected chi connectivity index (χ2v) is 5.42. The molecule has 0 aliphatic carbocycles. The van der Waals surface area contributed by atoms with Crippen LogP contribution in [0.3, 0.4) is 0 Å². The number of nitrogens with zero attached hydrogens (tertiary/aromatic N) is 1. The van der Waals surface area contributed by atoms with Crippen LogP contribution in [-0.4, -0.2) is 42.1 Å². The molecule has 0 bridgehead atoms. The van der Waals surface area contributed by atoms with E-state index >= 15 is 0 Å². The highest BCUT2D eigenvalue weighted by atomic mass is 16.5. The Morgan fingerprint density at radius 2 is 2.10 bits per heavy atom. The van der Waals surface area contributed by atoms with Crippen molar-refractivity contribution in [1.29, 1.82) is 0 Å². The Bertz CT molecular complexity index is 528. The molecule has 20 heavy (non-hydrogen) atoms. The van der Waals surface area contributed by atoms with Crippen LogP contribution in [0.15, 0.2) is 24.3 Å². The number of aliphatic carboxylic acids is 1. The van der Waals surface area contributed by atoms with E-state index in [1.54, 1.807) is 18.9 Å². The van der Waals surface area contributed by atoms with Crippen molar-refractivity contribution in [2.24, 2.45) is 5.41 Å². The monoisotopic (exact) mass is 277 g/mol. The lowest BCUT2D eigenvalue weighted by molar-refractivity contribution is -0.147. The number of para-hydroxylation sites is 1. The molecular formula is C15H19NO4. The molecule has 0 unspecified atom stereocenters. The highest BCUT2D eigenvalue weighted by molar-refractivity contribution is 5.82. The minimum absolute atomic E-state index is 0.0560. The van der Waals surface area contributed by atoms with Crippen LogP contribution in [0.25, 0.3) is 0 Å². The van der Waals surface area contributed by atoms with Gasteiger partial charge in [-0.1, -0.05) is 18.2 Å². The molecule has 1 heterocycles. The number of carboxylic acids is 1. The third kappa shape index (κ3) is 2.76. The van der Waals surface area contributed by atoms with Gasteiger partial charge in [0.1, 0.15) is 5.75 Å². The van der Waals surface area contributed by atoms with Gasteiger partial charge >= 0.3 is 5.97 Å². The highest BCUT2D eigenvalue weighted by Crippen LogP contribution is 2.30. The summed E-state index contributed by atoms with van der Waals surface area (Å²) in [4.78, 5) is 25.1. The third-order valence-corrected chi connectivity index (χ3v) is 3.88. The molecule has 2 rings (SSSR count). The molecule has 1 N–H and O–H groups in total. The Morgan fingerprint density at radius 3 is 2.70 bits per heavy atom. The van der Waals surface area contributed by atoms with E-state index in [0.29, 0.717) is 18.7 Å². The van der Waals surface area contributed by atoms with Crippen LogP contribution in [0.2, 0.25) is 0 Å². The van der Waals surface area contributed by atoms with Crippen LogP contribution >= 0.6 is 0 Å². The second-order valence-electron chi connectivity index (χ2n) is 5.42. The number of hydrogen-bond donors (Lipinski definition) is 1. The van der Waals surface area contributed by atoms with E-state index in [1.165, 1.54) is 0 Å². The molecule has 1 saturated heterocycles. The van der Waals surface area contributed by atoms with E-state index in [-0.39, 0.29) is 18.9 Å². The first-order valence-electron chi connectivity index (χ1n) is 6.59. The summed E-state index contributed by atoms with van der Waals surface area (Å²) in [6.45, 7) is 2.46. The van der Waals surface area contributed by atoms with Crippen molar-refractivity contribution in [3.05, 3.63) is 29.8 Å². The van der Waals surface area contributed by atoms with E-state index in [0.717, 1.165) is 5.56 Å². The Labute approximate surface area is 118 Å². The number of rotatable bonds is 4. The number of hydrogen-bond acceptors (Lipinski definition) is 3. The van der Waals surface area contributed by atoms with Gasteiger partial charge in [-0.05, 0) is 19.4 Å². The van der Waals surface area contributed by atoms with E-state index in [4.69, 9.17) is 4.74 Å². The van der Waals surface area contributed by atoms with Gasteiger partial charge in [0.25, 0.3) is 0 Å². The van der Waals surface area contributed by atoms with Gasteiger partial charge in [-0.2, -0.15) is 0 Å². The summed E-state index contributed by atoms with van der Waals surface area (Å²) < 4.78 is 5.22. The average molecular weight is 277 g/mol. The molecule has 1 amide bonds. The fourth-order valence-corrected chi connectivity index (χ4v) is 2.47. The lowest BCUT2D eigenvalue weighted by atomic mass is 9.90. The van der Waals surface area contributed by atoms with Gasteiger partial charge in [0.2, 0.25) is 5.91 Å². The van der Waals surface area contributed by atoms with Crippen LogP contribution in [-0.2, 0) is 16.0 Å². The van der Waals surface area contributed by atoms with Crippen LogP contribution in [0.4, 0.5) is 0 Å². The van der Waals surface area contributed by atoms with Crippen LogP contribution < -0.4 is 4.74 Å². The van der Waals surface area contributed by atoms with Crippen molar-refractivity contribution in [1.82, 2.24) is 4.90 Å². The lowest BCUT2D eigenvalue weighted by Gasteiger charge is -2.20. The first kappa shape index (κ1) is 14.4. The summed E-state index contributed by atoms with van der Waals surface area (Å²) >= 11 is 0. The van der Waals surface area contributed by atoms with Gasteiger partial charge in [0.05, 0.1) is 18.9 Å². The molecule has 1 aromatic carbocycles. The fraction of sp³-hybridized carbons (Fsp3) is 0.467. The molecule has 0 aromatic heterocycles. The highest BCUT2D eigenvalue weighted by Gasteiger charge is 2.41. The summed E-state index contributed by atoms with van der Waals surface area (Å²) in [7, 11) is 1.57. The number of amides is 1. The smallest absolute Gasteiger partial charge is 0.311 e. The molecule has 5 nitrogen and oxygen atoms in total. The number of ether oxygens (including phenoxy) is 1. The zero-order chi connectivity index (χ0) is 14.8. The predicted molar refractivity (Wildman–Crippen MR) is 73.6 cm³/mol. The van der Waals surface area contributed by atoms with E-state index < -0.39 is 11.4 Å². The normalized spacial score (nSPS) is 21.8. The second kappa shape index (κ2) is 5.53. The number of carbonyl (C=O) groups is 2. The van der Waals surface area contributed by atoms with Gasteiger partial charge in [0, 0.05) is 18.7 Å². The Hall–Kier alpha value is -2.04. The molecule has 0 spiro atoms. The predicted octanol–water partition coefficient (Wildman–Crippen LogP) is 1.56. The number of carbonyl (C=O) groups excluding carboxylic acids is 1. The van der Waals surface area contributed by atoms with Crippen LogP contribution in [0, 0.1) is 5.41 Å². The van der Waals surface area contributed by atoms with Gasteiger partial charge in [0.15, 0.2) is 0 Å². The molecular weight excluding hydrogens is 258 g/mol. The fourth-order valence-electron chi connectivity index (χ4n) is 2.47. The van der Waals surface area contributed by atoms with Crippen molar-refractivity contribution in [3.63, 3.8) is 0 Å². The molecule has 1 aliphatic rings. The van der Waals surface area contributed by atoms with Gasteiger partial charge < -0.3 is 14.7 Å². The van der Waals surface area contributed by atoms with Gasteiger partial charge in [-0.25, -0.2) is 0 Å². The van der Waals surface area contributed by atoms with Crippen molar-refractivity contribution in [3.8, 4) is 5.75 Å². The molecule has 1 fully saturated rings. The van der Waals surface area contributed by atoms with E-state index in [2.05, 4.69) is 0 Å². The minimum Gasteiger partial charge on any atom is -0.496 e. The molecule has 0 radical (unpaired) electrons. The summed E-state index contributed by atoms with van der Waals surface area (Å²) in [6.07, 6.45) is 0.736. The van der Waals surface area contributed by atoms with Crippen molar-refractivity contribution in [2.75, 3.05) is 20.2 Å². The Morgan fingerprint density at radius 1 is 1.40 bits per heavy atom. The Kier molecular flexibility index (Phi) is 3.97. The average Bonchev–Trinajstić information content (AvgIpc) is 2.83. The van der Waals surface area contributed by atoms with Gasteiger partial charge in [-0.3, -0.25) is 9.59 Å². The SMILES string of the molecule is COc1ccccc1CC(=O)N1CC[C@@](C)(C(=O)O)C1. The summed E-state index contributed by atoms with van der Waals surface area (Å²) in [5, 5.41) is 9.19. The quantitative estimate of drug-likeness (QED) is 0.907. The molecule has 108 valence electrons. The first-order chi connectivity index (χ1) is 9.46. The van der Waals surface area contributed by atoms with E-state index in [1.807, 2.05) is 24.3 Å². The minimum atomic E-state index is -0.843. The maximum Gasteiger partial charge on any atom is 0.311 e. The summed E-state index contributed by atoms with van der Waals surface area (Å²) in [5.41, 5.74) is 0.0000996. The molecule has 1 aliphatic heterocycles. The van der Waals surface area contributed by atoms with Crippen LogP contribution in [0.5, 0.6) is 5.75 Å². The lowest BCUT2D eigenvalue weighted by Crippen LogP contribution is -2.35. The van der Waals surface area contributed by atoms with Gasteiger partial charge in [-0.15, -0.1) is 0 Å². The molecule has 5 heteroatoms. The number of likely N-dealkylation sites (tertiary alicyclic amines) is 1. The molecule has 1 aromatic rings. The summed E-state index contributed by atoms with van der Waals surface area (Å²) in [5.74, 6) is -0.217. The molecule has 1 atom stereocenters. The summed E-state index contributed by atoms with van der Waals surface area (Å²) in [6, 6.07) is 7.37.